The summed E-state index contributed by atoms with van der Waals surface area (Å²) >= 11 is 5.96. The molecule has 2 bridgehead atoms. The number of hydrogen-bond acceptors (Lipinski definition) is 7. The Bertz CT molecular complexity index is 1080. The second kappa shape index (κ2) is 8.16. The van der Waals surface area contributed by atoms with Crippen LogP contribution in [0.5, 0.6) is 0 Å². The van der Waals surface area contributed by atoms with Gasteiger partial charge in [0.15, 0.2) is 11.3 Å². The molecule has 3 atom stereocenters. The first-order valence-electron chi connectivity index (χ1n) is 9.91. The number of rotatable bonds is 5. The summed E-state index contributed by atoms with van der Waals surface area (Å²) in [5, 5.41) is 31.4. The van der Waals surface area contributed by atoms with E-state index < -0.39 is 11.5 Å². The fraction of sp³-hybridized carbons (Fsp3) is 0.364. The lowest BCUT2D eigenvalue weighted by atomic mass is 9.85. The molecule has 1 amide bonds. The van der Waals surface area contributed by atoms with E-state index in [-0.39, 0.29) is 17.3 Å². The van der Waals surface area contributed by atoms with E-state index in [1.807, 2.05) is 30.3 Å². The molecule has 8 nitrogen and oxygen atoms in total. The second-order valence-electron chi connectivity index (χ2n) is 8.20. The number of hydrogen-bond donors (Lipinski definition) is 2. The van der Waals surface area contributed by atoms with E-state index in [2.05, 4.69) is 26.2 Å². The molecule has 31 heavy (non-hydrogen) atoms. The number of amides is 1. The summed E-state index contributed by atoms with van der Waals surface area (Å²) in [6.07, 6.45) is 2.41. The van der Waals surface area contributed by atoms with Crippen LogP contribution in [0.3, 0.4) is 0 Å². The summed E-state index contributed by atoms with van der Waals surface area (Å²) in [4.78, 5) is 21.0. The Morgan fingerprint density at radius 1 is 1.29 bits per heavy atom. The number of nitrogens with one attached hydrogen (secondary N) is 1. The minimum absolute atomic E-state index is 0.0748. The van der Waals surface area contributed by atoms with Crippen LogP contribution >= 0.6 is 11.6 Å². The first-order chi connectivity index (χ1) is 14.8. The number of fused-ring (bicyclic) bond motifs is 2. The molecule has 3 fully saturated rings. The van der Waals surface area contributed by atoms with Crippen LogP contribution in [0.25, 0.3) is 0 Å². The van der Waals surface area contributed by atoms with Crippen molar-refractivity contribution in [2.75, 3.05) is 29.9 Å². The average Bonchev–Trinajstić information content (AvgIpc) is 2.74. The van der Waals surface area contributed by atoms with Crippen molar-refractivity contribution < 1.29 is 9.90 Å². The number of benzene rings is 1. The SMILES string of the molecule is CC(O)(CN1CC2CC(C1)N2c1ccc(C#N)cc1)C(=O)Nc1cnc(C#N)c(Cl)c1. The summed E-state index contributed by atoms with van der Waals surface area (Å²) in [5.41, 5.74) is 0.517. The molecule has 3 aliphatic heterocycles. The molecule has 4 heterocycles. The van der Waals surface area contributed by atoms with Crippen LogP contribution < -0.4 is 10.2 Å². The van der Waals surface area contributed by atoms with Gasteiger partial charge in [0.25, 0.3) is 5.91 Å². The monoisotopic (exact) mass is 436 g/mol. The summed E-state index contributed by atoms with van der Waals surface area (Å²) in [6, 6.07) is 13.6. The zero-order valence-corrected chi connectivity index (χ0v) is 17.7. The molecule has 2 aromatic rings. The zero-order chi connectivity index (χ0) is 22.2. The van der Waals surface area contributed by atoms with Gasteiger partial charge < -0.3 is 15.3 Å². The first-order valence-corrected chi connectivity index (χ1v) is 10.3. The van der Waals surface area contributed by atoms with Gasteiger partial charge in [-0.25, -0.2) is 4.98 Å². The van der Waals surface area contributed by atoms with Crippen molar-refractivity contribution in [3.63, 3.8) is 0 Å². The van der Waals surface area contributed by atoms with Crippen molar-refractivity contribution >= 4 is 28.9 Å². The number of piperazine rings is 1. The van der Waals surface area contributed by atoms with Gasteiger partial charge in [-0.1, -0.05) is 11.6 Å². The third-order valence-corrected chi connectivity index (χ3v) is 6.08. The molecular weight excluding hydrogens is 416 g/mol. The van der Waals surface area contributed by atoms with Crippen LogP contribution in [0.15, 0.2) is 36.5 Å². The Hall–Kier alpha value is -3.17. The number of carbonyl (C=O) groups is 1. The van der Waals surface area contributed by atoms with Gasteiger partial charge in [0.2, 0.25) is 0 Å². The molecule has 0 aliphatic carbocycles. The Morgan fingerprint density at radius 3 is 2.55 bits per heavy atom. The minimum Gasteiger partial charge on any atom is -0.379 e. The predicted octanol–water partition coefficient (Wildman–Crippen LogP) is 2.13. The van der Waals surface area contributed by atoms with Crippen LogP contribution in [0.2, 0.25) is 5.02 Å². The fourth-order valence-corrected chi connectivity index (χ4v) is 4.53. The highest BCUT2D eigenvalue weighted by atomic mass is 35.5. The normalized spacial score (nSPS) is 21.9. The summed E-state index contributed by atoms with van der Waals surface area (Å²) in [6.45, 7) is 3.17. The number of nitrogens with zero attached hydrogens (tertiary/aromatic N) is 5. The summed E-state index contributed by atoms with van der Waals surface area (Å²) in [7, 11) is 0. The standard InChI is InChI=1S/C22H21ClN6O2/c1-22(31,21(30)27-15-6-19(23)20(9-25)26-10-15)13-28-11-17-7-18(12-28)29(17)16-4-2-14(8-24)3-5-16/h2-6,10,17-18,31H,7,11-13H2,1H3,(H,27,30). The van der Waals surface area contributed by atoms with Crippen molar-refractivity contribution in [2.24, 2.45) is 0 Å². The van der Waals surface area contributed by atoms with E-state index in [9.17, 15) is 9.90 Å². The van der Waals surface area contributed by atoms with E-state index in [1.165, 1.54) is 19.2 Å². The zero-order valence-electron chi connectivity index (χ0n) is 16.9. The highest BCUT2D eigenvalue weighted by molar-refractivity contribution is 6.31. The quantitative estimate of drug-likeness (QED) is 0.737. The van der Waals surface area contributed by atoms with Crippen molar-refractivity contribution in [3.8, 4) is 12.1 Å². The molecule has 3 unspecified atom stereocenters. The molecule has 0 saturated carbocycles. The number of aromatic nitrogens is 1. The van der Waals surface area contributed by atoms with Crippen molar-refractivity contribution in [2.45, 2.75) is 31.0 Å². The summed E-state index contributed by atoms with van der Waals surface area (Å²) in [5.74, 6) is -0.557. The van der Waals surface area contributed by atoms with E-state index in [0.717, 1.165) is 25.2 Å². The number of carbonyl (C=O) groups excluding carboxylic acids is 1. The lowest BCUT2D eigenvalue weighted by Crippen LogP contribution is -2.70. The van der Waals surface area contributed by atoms with E-state index in [4.69, 9.17) is 22.1 Å². The molecule has 2 N–H and O–H groups in total. The van der Waals surface area contributed by atoms with Crippen LogP contribution in [-0.4, -0.2) is 58.2 Å². The lowest BCUT2D eigenvalue weighted by molar-refractivity contribution is -0.135. The van der Waals surface area contributed by atoms with Crippen molar-refractivity contribution in [1.29, 1.82) is 10.5 Å². The van der Waals surface area contributed by atoms with Crippen LogP contribution in [0, 0.1) is 22.7 Å². The largest absolute Gasteiger partial charge is 0.379 e. The highest BCUT2D eigenvalue weighted by Gasteiger charge is 2.46. The third-order valence-electron chi connectivity index (χ3n) is 5.79. The van der Waals surface area contributed by atoms with Gasteiger partial charge in [0, 0.05) is 37.4 Å². The van der Waals surface area contributed by atoms with Gasteiger partial charge >= 0.3 is 0 Å². The van der Waals surface area contributed by atoms with Crippen LogP contribution in [-0.2, 0) is 4.79 Å². The smallest absolute Gasteiger partial charge is 0.257 e. The number of halogens is 1. The van der Waals surface area contributed by atoms with E-state index >= 15 is 0 Å². The maximum Gasteiger partial charge on any atom is 0.257 e. The third kappa shape index (κ3) is 4.19. The van der Waals surface area contributed by atoms with Crippen molar-refractivity contribution in [1.82, 2.24) is 9.88 Å². The van der Waals surface area contributed by atoms with Gasteiger partial charge in [-0.05, 0) is 43.7 Å². The molecular formula is C22H21ClN6O2. The van der Waals surface area contributed by atoms with Gasteiger partial charge in [-0.2, -0.15) is 10.5 Å². The Kier molecular flexibility index (Phi) is 5.55. The van der Waals surface area contributed by atoms with Crippen molar-refractivity contribution in [3.05, 3.63) is 52.8 Å². The Morgan fingerprint density at radius 2 is 1.97 bits per heavy atom. The van der Waals surface area contributed by atoms with Gasteiger partial charge in [-0.15, -0.1) is 0 Å². The first kappa shape index (κ1) is 21.1. The topological polar surface area (TPSA) is 116 Å². The summed E-state index contributed by atoms with van der Waals surface area (Å²) < 4.78 is 0. The molecule has 158 valence electrons. The number of anilines is 2. The molecule has 1 aromatic heterocycles. The van der Waals surface area contributed by atoms with Gasteiger partial charge in [-0.3, -0.25) is 9.69 Å². The van der Waals surface area contributed by atoms with Gasteiger partial charge in [0.05, 0.1) is 28.5 Å². The van der Waals surface area contributed by atoms with Crippen LogP contribution in [0.4, 0.5) is 11.4 Å². The maximum atomic E-state index is 12.7. The number of aliphatic hydroxyl groups is 1. The predicted molar refractivity (Wildman–Crippen MR) is 115 cm³/mol. The second-order valence-corrected chi connectivity index (χ2v) is 8.60. The molecule has 3 saturated heterocycles. The average molecular weight is 437 g/mol. The molecule has 0 spiro atoms. The molecule has 0 radical (unpaired) electrons. The van der Waals surface area contributed by atoms with E-state index in [1.54, 1.807) is 0 Å². The highest BCUT2D eigenvalue weighted by Crippen LogP contribution is 2.37. The van der Waals surface area contributed by atoms with Gasteiger partial charge in [0.1, 0.15) is 6.07 Å². The van der Waals surface area contributed by atoms with Crippen LogP contribution in [0.1, 0.15) is 24.6 Å². The maximum absolute atomic E-state index is 12.7. The lowest BCUT2D eigenvalue weighted by Gasteiger charge is -2.58. The minimum atomic E-state index is -1.61. The molecule has 1 aromatic carbocycles. The Labute approximate surface area is 185 Å². The molecule has 9 heteroatoms. The number of nitriles is 2. The van der Waals surface area contributed by atoms with E-state index in [0.29, 0.717) is 23.3 Å². The fourth-order valence-electron chi connectivity index (χ4n) is 4.32. The number of piperidine rings is 1. The number of pyridine rings is 1. The Balaban J connectivity index is 1.36. The molecule has 3 aliphatic rings. The molecule has 5 rings (SSSR count).